The highest BCUT2D eigenvalue weighted by Gasteiger charge is 2.25. The van der Waals surface area contributed by atoms with E-state index in [2.05, 4.69) is 16.3 Å². The molecule has 1 rings (SSSR count). The second kappa shape index (κ2) is 6.05. The molecule has 0 aliphatic rings. The highest BCUT2D eigenvalue weighted by molar-refractivity contribution is 5.60. The van der Waals surface area contributed by atoms with E-state index in [0.29, 0.717) is 24.5 Å². The maximum Gasteiger partial charge on any atom is 0.333 e. The smallest absolute Gasteiger partial charge is 0.333 e. The Morgan fingerprint density at radius 3 is 2.83 bits per heavy atom. The molecule has 0 amide bonds. The van der Waals surface area contributed by atoms with E-state index in [4.69, 9.17) is 6.42 Å². The second-order valence-corrected chi connectivity index (χ2v) is 4.22. The van der Waals surface area contributed by atoms with Gasteiger partial charge in [0.15, 0.2) is 0 Å². The number of hydrogen-bond donors (Lipinski definition) is 1. The van der Waals surface area contributed by atoms with Crippen molar-refractivity contribution in [3.05, 3.63) is 15.8 Å². The monoisotopic (exact) mass is 250 g/mol. The molecule has 1 unspecified atom stereocenters. The first kappa shape index (κ1) is 14.0. The number of nitrogens with one attached hydrogen (secondary N) is 1. The van der Waals surface area contributed by atoms with E-state index in [9.17, 15) is 10.1 Å². The summed E-state index contributed by atoms with van der Waals surface area (Å²) in [4.78, 5) is 10.7. The summed E-state index contributed by atoms with van der Waals surface area (Å²) in [5.41, 5.74) is 0.455. The number of rotatable bonds is 6. The number of aryl methyl sites for hydroxylation is 2. The lowest BCUT2D eigenvalue weighted by Crippen LogP contribution is -2.18. The van der Waals surface area contributed by atoms with Crippen molar-refractivity contribution in [1.29, 1.82) is 0 Å². The quantitative estimate of drug-likeness (QED) is 0.478. The number of nitrogens with zero attached hydrogens (tertiary/aromatic N) is 3. The SMILES string of the molecule is C#CCC(C)Nc1c([N+](=O)[O-])c(C)nn1CCC. The molecule has 0 aliphatic carbocycles. The molecule has 18 heavy (non-hydrogen) atoms. The Labute approximate surface area is 107 Å². The average molecular weight is 250 g/mol. The van der Waals surface area contributed by atoms with Crippen LogP contribution in [0.1, 0.15) is 32.4 Å². The van der Waals surface area contributed by atoms with E-state index >= 15 is 0 Å². The molecule has 1 atom stereocenters. The largest absolute Gasteiger partial charge is 0.361 e. The van der Waals surface area contributed by atoms with Crippen LogP contribution in [-0.4, -0.2) is 20.7 Å². The van der Waals surface area contributed by atoms with Crippen LogP contribution in [-0.2, 0) is 6.54 Å². The molecule has 0 aliphatic heterocycles. The van der Waals surface area contributed by atoms with Gasteiger partial charge in [0.25, 0.3) is 0 Å². The summed E-state index contributed by atoms with van der Waals surface area (Å²) in [5.74, 6) is 2.98. The van der Waals surface area contributed by atoms with Gasteiger partial charge in [0, 0.05) is 19.0 Å². The molecule has 1 N–H and O–H groups in total. The van der Waals surface area contributed by atoms with E-state index in [0.717, 1.165) is 6.42 Å². The van der Waals surface area contributed by atoms with Crippen LogP contribution >= 0.6 is 0 Å². The van der Waals surface area contributed by atoms with Gasteiger partial charge in [-0.1, -0.05) is 6.92 Å². The molecule has 0 aromatic carbocycles. The van der Waals surface area contributed by atoms with Gasteiger partial charge in [0.1, 0.15) is 5.69 Å². The molecule has 0 saturated carbocycles. The summed E-state index contributed by atoms with van der Waals surface area (Å²) >= 11 is 0. The fraction of sp³-hybridized carbons (Fsp3) is 0.583. The van der Waals surface area contributed by atoms with Crippen molar-refractivity contribution in [3.8, 4) is 12.3 Å². The fourth-order valence-electron chi connectivity index (χ4n) is 1.77. The van der Waals surface area contributed by atoms with Gasteiger partial charge in [-0.25, -0.2) is 4.68 Å². The van der Waals surface area contributed by atoms with Crippen LogP contribution in [0, 0.1) is 29.4 Å². The summed E-state index contributed by atoms with van der Waals surface area (Å²) < 4.78 is 1.64. The zero-order valence-corrected chi connectivity index (χ0v) is 10.9. The number of anilines is 1. The van der Waals surface area contributed by atoms with Crippen molar-refractivity contribution in [2.24, 2.45) is 0 Å². The molecule has 6 heteroatoms. The highest BCUT2D eigenvalue weighted by atomic mass is 16.6. The van der Waals surface area contributed by atoms with Crippen molar-refractivity contribution >= 4 is 11.5 Å². The van der Waals surface area contributed by atoms with Crippen molar-refractivity contribution in [2.45, 2.75) is 46.2 Å². The van der Waals surface area contributed by atoms with Gasteiger partial charge >= 0.3 is 5.69 Å². The molecule has 1 aromatic heterocycles. The van der Waals surface area contributed by atoms with Gasteiger partial charge in [0.05, 0.1) is 4.92 Å². The van der Waals surface area contributed by atoms with Crippen LogP contribution in [0.2, 0.25) is 0 Å². The standard InChI is InChI=1S/C12H18N4O2/c1-5-7-9(3)13-12-11(16(17)18)10(4)14-15(12)8-6-2/h1,9,13H,6-8H2,2-4H3. The van der Waals surface area contributed by atoms with Crippen LogP contribution in [0.25, 0.3) is 0 Å². The van der Waals surface area contributed by atoms with E-state index < -0.39 is 4.92 Å². The molecule has 0 bridgehead atoms. The topological polar surface area (TPSA) is 73.0 Å². The Bertz CT molecular complexity index is 473. The molecule has 98 valence electrons. The molecule has 0 spiro atoms. The van der Waals surface area contributed by atoms with Gasteiger partial charge < -0.3 is 5.32 Å². The van der Waals surface area contributed by atoms with Crippen molar-refractivity contribution in [3.63, 3.8) is 0 Å². The van der Waals surface area contributed by atoms with Crippen molar-refractivity contribution < 1.29 is 4.92 Å². The fourth-order valence-corrected chi connectivity index (χ4v) is 1.77. The number of hydrogen-bond acceptors (Lipinski definition) is 4. The van der Waals surface area contributed by atoms with Gasteiger partial charge in [-0.2, -0.15) is 5.10 Å². The normalized spacial score (nSPS) is 11.9. The molecular formula is C12H18N4O2. The third-order valence-corrected chi connectivity index (χ3v) is 2.52. The Hall–Kier alpha value is -2.03. The van der Waals surface area contributed by atoms with E-state index in [1.807, 2.05) is 13.8 Å². The number of aromatic nitrogens is 2. The van der Waals surface area contributed by atoms with Crippen LogP contribution < -0.4 is 5.32 Å². The average Bonchev–Trinajstić information content (AvgIpc) is 2.56. The van der Waals surface area contributed by atoms with E-state index in [-0.39, 0.29) is 11.7 Å². The molecule has 0 fully saturated rings. The van der Waals surface area contributed by atoms with Gasteiger partial charge in [-0.05, 0) is 20.3 Å². The van der Waals surface area contributed by atoms with Gasteiger partial charge in [0.2, 0.25) is 5.82 Å². The predicted molar refractivity (Wildman–Crippen MR) is 70.4 cm³/mol. The van der Waals surface area contributed by atoms with Gasteiger partial charge in [-0.15, -0.1) is 12.3 Å². The predicted octanol–water partition coefficient (Wildman–Crippen LogP) is 2.33. The molecule has 0 saturated heterocycles. The minimum atomic E-state index is -0.403. The second-order valence-electron chi connectivity index (χ2n) is 4.22. The first-order chi connectivity index (χ1) is 8.51. The molecule has 6 nitrogen and oxygen atoms in total. The Balaban J connectivity index is 3.11. The minimum Gasteiger partial charge on any atom is -0.361 e. The molecule has 1 aromatic rings. The van der Waals surface area contributed by atoms with Crippen LogP contribution in [0.3, 0.4) is 0 Å². The lowest BCUT2D eigenvalue weighted by atomic mass is 10.2. The maximum atomic E-state index is 11.1. The lowest BCUT2D eigenvalue weighted by Gasteiger charge is -2.13. The summed E-state index contributed by atoms with van der Waals surface area (Å²) in [6, 6.07) is -0.0274. The first-order valence-corrected chi connectivity index (χ1v) is 5.93. The van der Waals surface area contributed by atoms with Gasteiger partial charge in [-0.3, -0.25) is 10.1 Å². The van der Waals surface area contributed by atoms with E-state index in [1.54, 1.807) is 11.6 Å². The van der Waals surface area contributed by atoms with Crippen molar-refractivity contribution in [1.82, 2.24) is 9.78 Å². The summed E-state index contributed by atoms with van der Waals surface area (Å²) in [7, 11) is 0. The molecule has 0 radical (unpaired) electrons. The maximum absolute atomic E-state index is 11.1. The van der Waals surface area contributed by atoms with E-state index in [1.165, 1.54) is 0 Å². The Morgan fingerprint density at radius 1 is 1.67 bits per heavy atom. The van der Waals surface area contributed by atoms with Crippen LogP contribution in [0.4, 0.5) is 11.5 Å². The number of terminal acetylenes is 1. The molecule has 1 heterocycles. The zero-order chi connectivity index (χ0) is 13.7. The zero-order valence-electron chi connectivity index (χ0n) is 10.9. The Kier molecular flexibility index (Phi) is 4.72. The van der Waals surface area contributed by atoms with Crippen LogP contribution in [0.15, 0.2) is 0 Å². The molecular weight excluding hydrogens is 232 g/mol. The number of nitro groups is 1. The summed E-state index contributed by atoms with van der Waals surface area (Å²) in [5, 5.41) is 18.4. The highest BCUT2D eigenvalue weighted by Crippen LogP contribution is 2.29. The first-order valence-electron chi connectivity index (χ1n) is 5.93. The third kappa shape index (κ3) is 3.00. The minimum absolute atomic E-state index is 0.0274. The van der Waals surface area contributed by atoms with Crippen LogP contribution in [0.5, 0.6) is 0 Å². The Morgan fingerprint density at radius 2 is 2.33 bits per heavy atom. The summed E-state index contributed by atoms with van der Waals surface area (Å²) in [6.07, 6.45) is 6.60. The van der Waals surface area contributed by atoms with Crippen molar-refractivity contribution in [2.75, 3.05) is 5.32 Å². The lowest BCUT2D eigenvalue weighted by molar-refractivity contribution is -0.384. The third-order valence-electron chi connectivity index (χ3n) is 2.52. The summed E-state index contributed by atoms with van der Waals surface area (Å²) in [6.45, 7) is 6.17.